The standard InChI is InChI=1S/C13H16N2O3/c1-3-18-10(16)7-14-12-9-6-4-5-8(2)11(9)15-13(12)17/h4-6,12,14H,3,7H2,1-2H3,(H,15,17). The van der Waals surface area contributed by atoms with Gasteiger partial charge in [-0.2, -0.15) is 0 Å². The third-order valence-corrected chi connectivity index (χ3v) is 2.88. The molecule has 1 heterocycles. The first-order valence-electron chi connectivity index (χ1n) is 5.93. The van der Waals surface area contributed by atoms with Crippen LogP contribution in [0.4, 0.5) is 5.69 Å². The molecule has 96 valence electrons. The first kappa shape index (κ1) is 12.6. The number of carbonyl (C=O) groups is 2. The summed E-state index contributed by atoms with van der Waals surface area (Å²) in [6.07, 6.45) is 0. The number of nitrogens with one attached hydrogen (secondary N) is 2. The summed E-state index contributed by atoms with van der Waals surface area (Å²) in [4.78, 5) is 23.1. The van der Waals surface area contributed by atoms with Gasteiger partial charge in [-0.25, -0.2) is 0 Å². The topological polar surface area (TPSA) is 67.4 Å². The van der Waals surface area contributed by atoms with Crippen molar-refractivity contribution in [1.82, 2.24) is 5.32 Å². The normalized spacial score (nSPS) is 17.2. The van der Waals surface area contributed by atoms with Crippen molar-refractivity contribution < 1.29 is 14.3 Å². The molecular weight excluding hydrogens is 232 g/mol. The van der Waals surface area contributed by atoms with Gasteiger partial charge in [-0.1, -0.05) is 18.2 Å². The van der Waals surface area contributed by atoms with Crippen LogP contribution in [0.15, 0.2) is 18.2 Å². The zero-order chi connectivity index (χ0) is 13.1. The van der Waals surface area contributed by atoms with E-state index >= 15 is 0 Å². The van der Waals surface area contributed by atoms with Gasteiger partial charge in [-0.3, -0.25) is 14.9 Å². The predicted molar refractivity (Wildman–Crippen MR) is 67.2 cm³/mol. The van der Waals surface area contributed by atoms with Gasteiger partial charge in [0.2, 0.25) is 5.91 Å². The highest BCUT2D eigenvalue weighted by Gasteiger charge is 2.31. The largest absolute Gasteiger partial charge is 0.465 e. The van der Waals surface area contributed by atoms with Gasteiger partial charge in [-0.05, 0) is 19.4 Å². The maximum Gasteiger partial charge on any atom is 0.319 e. The molecule has 0 saturated heterocycles. The van der Waals surface area contributed by atoms with Crippen LogP contribution in [0.25, 0.3) is 0 Å². The van der Waals surface area contributed by atoms with Gasteiger partial charge in [0.25, 0.3) is 0 Å². The summed E-state index contributed by atoms with van der Waals surface area (Å²) >= 11 is 0. The minimum atomic E-state index is -0.482. The highest BCUT2D eigenvalue weighted by molar-refractivity contribution is 6.03. The molecule has 5 nitrogen and oxygen atoms in total. The summed E-state index contributed by atoms with van der Waals surface area (Å²) in [6.45, 7) is 4.05. The zero-order valence-electron chi connectivity index (χ0n) is 10.4. The maximum absolute atomic E-state index is 11.8. The van der Waals surface area contributed by atoms with E-state index in [1.54, 1.807) is 6.92 Å². The first-order valence-corrected chi connectivity index (χ1v) is 5.93. The molecule has 0 saturated carbocycles. The van der Waals surface area contributed by atoms with Crippen LogP contribution >= 0.6 is 0 Å². The molecule has 5 heteroatoms. The molecule has 1 atom stereocenters. The lowest BCUT2D eigenvalue weighted by atomic mass is 10.1. The molecule has 1 aromatic carbocycles. The molecule has 1 unspecified atom stereocenters. The Kier molecular flexibility index (Phi) is 3.62. The van der Waals surface area contributed by atoms with Crippen molar-refractivity contribution in [1.29, 1.82) is 0 Å². The van der Waals surface area contributed by atoms with Crippen LogP contribution in [0.2, 0.25) is 0 Å². The Morgan fingerprint density at radius 2 is 2.28 bits per heavy atom. The molecule has 1 aliphatic rings. The Morgan fingerprint density at radius 1 is 1.50 bits per heavy atom. The van der Waals surface area contributed by atoms with Gasteiger partial charge in [-0.15, -0.1) is 0 Å². The Hall–Kier alpha value is -1.88. The predicted octanol–water partition coefficient (Wildman–Crippen LogP) is 1.14. The minimum absolute atomic E-state index is 0.0271. The number of aryl methyl sites for hydroxylation is 1. The van der Waals surface area contributed by atoms with Crippen molar-refractivity contribution in [2.45, 2.75) is 19.9 Å². The average Bonchev–Trinajstić information content (AvgIpc) is 2.65. The van der Waals surface area contributed by atoms with Gasteiger partial charge in [0.15, 0.2) is 0 Å². The highest BCUT2D eigenvalue weighted by atomic mass is 16.5. The van der Waals surface area contributed by atoms with Crippen molar-refractivity contribution >= 4 is 17.6 Å². The summed E-state index contributed by atoms with van der Waals surface area (Å²) < 4.78 is 4.82. The number of carbonyl (C=O) groups excluding carboxylic acids is 2. The number of anilines is 1. The van der Waals surface area contributed by atoms with Crippen LogP contribution < -0.4 is 10.6 Å². The summed E-state index contributed by atoms with van der Waals surface area (Å²) in [5, 5.41) is 5.73. The number of rotatable bonds is 4. The highest BCUT2D eigenvalue weighted by Crippen LogP contribution is 2.32. The van der Waals surface area contributed by atoms with Crippen LogP contribution in [0.3, 0.4) is 0 Å². The molecule has 0 radical (unpaired) electrons. The molecule has 1 amide bonds. The van der Waals surface area contributed by atoms with Crippen molar-refractivity contribution in [3.05, 3.63) is 29.3 Å². The molecule has 0 fully saturated rings. The number of benzene rings is 1. The van der Waals surface area contributed by atoms with E-state index in [0.29, 0.717) is 6.61 Å². The monoisotopic (exact) mass is 248 g/mol. The zero-order valence-corrected chi connectivity index (χ0v) is 10.4. The number of para-hydroxylation sites is 1. The second-order valence-electron chi connectivity index (χ2n) is 4.15. The van der Waals surface area contributed by atoms with Gasteiger partial charge in [0, 0.05) is 11.3 Å². The molecule has 0 aliphatic carbocycles. The number of amides is 1. The fourth-order valence-electron chi connectivity index (χ4n) is 2.04. The molecule has 0 aromatic heterocycles. The lowest BCUT2D eigenvalue weighted by molar-refractivity contribution is -0.142. The average molecular weight is 248 g/mol. The van der Waals surface area contributed by atoms with Gasteiger partial charge in [0.05, 0.1) is 13.2 Å². The van der Waals surface area contributed by atoms with E-state index in [0.717, 1.165) is 16.8 Å². The van der Waals surface area contributed by atoms with Crippen molar-refractivity contribution in [2.24, 2.45) is 0 Å². The van der Waals surface area contributed by atoms with E-state index in [1.807, 2.05) is 25.1 Å². The second kappa shape index (κ2) is 5.18. The second-order valence-corrected chi connectivity index (χ2v) is 4.15. The van der Waals surface area contributed by atoms with Gasteiger partial charge in [0.1, 0.15) is 6.04 Å². The molecule has 1 aliphatic heterocycles. The van der Waals surface area contributed by atoms with E-state index in [9.17, 15) is 9.59 Å². The Balaban J connectivity index is 2.09. The minimum Gasteiger partial charge on any atom is -0.465 e. The Labute approximate surface area is 106 Å². The van der Waals surface area contributed by atoms with Crippen molar-refractivity contribution in [3.8, 4) is 0 Å². The van der Waals surface area contributed by atoms with E-state index in [4.69, 9.17) is 4.74 Å². The molecule has 2 rings (SSSR count). The molecule has 1 aromatic rings. The molecule has 0 spiro atoms. The lowest BCUT2D eigenvalue weighted by Crippen LogP contribution is -2.32. The van der Waals surface area contributed by atoms with E-state index < -0.39 is 6.04 Å². The van der Waals surface area contributed by atoms with E-state index in [2.05, 4.69) is 10.6 Å². The van der Waals surface area contributed by atoms with Crippen LogP contribution in [0.5, 0.6) is 0 Å². The van der Waals surface area contributed by atoms with Crippen LogP contribution in [-0.2, 0) is 14.3 Å². The molecule has 0 bridgehead atoms. The lowest BCUT2D eigenvalue weighted by Gasteiger charge is -2.10. The number of fused-ring (bicyclic) bond motifs is 1. The van der Waals surface area contributed by atoms with Crippen LogP contribution in [0.1, 0.15) is 24.1 Å². The van der Waals surface area contributed by atoms with Gasteiger partial charge >= 0.3 is 5.97 Å². The fraction of sp³-hybridized carbons (Fsp3) is 0.385. The van der Waals surface area contributed by atoms with Crippen LogP contribution in [0, 0.1) is 6.92 Å². The number of hydrogen-bond acceptors (Lipinski definition) is 4. The Morgan fingerprint density at radius 3 is 3.00 bits per heavy atom. The van der Waals surface area contributed by atoms with Crippen molar-refractivity contribution in [3.63, 3.8) is 0 Å². The smallest absolute Gasteiger partial charge is 0.319 e. The maximum atomic E-state index is 11.8. The third-order valence-electron chi connectivity index (χ3n) is 2.88. The fourth-order valence-corrected chi connectivity index (χ4v) is 2.04. The van der Waals surface area contributed by atoms with E-state index in [-0.39, 0.29) is 18.4 Å². The summed E-state index contributed by atoms with van der Waals surface area (Å²) in [5.74, 6) is -0.491. The summed E-state index contributed by atoms with van der Waals surface area (Å²) in [7, 11) is 0. The number of hydrogen-bond donors (Lipinski definition) is 2. The summed E-state index contributed by atoms with van der Waals surface area (Å²) in [6, 6.07) is 5.23. The molecule has 18 heavy (non-hydrogen) atoms. The summed E-state index contributed by atoms with van der Waals surface area (Å²) in [5.41, 5.74) is 2.73. The van der Waals surface area contributed by atoms with Gasteiger partial charge < -0.3 is 10.1 Å². The first-order chi connectivity index (χ1) is 8.63. The Bertz CT molecular complexity index is 485. The van der Waals surface area contributed by atoms with Crippen molar-refractivity contribution in [2.75, 3.05) is 18.5 Å². The third kappa shape index (κ3) is 2.36. The number of esters is 1. The van der Waals surface area contributed by atoms with E-state index in [1.165, 1.54) is 0 Å². The molecular formula is C13H16N2O3. The quantitative estimate of drug-likeness (QED) is 0.784. The number of ether oxygens (including phenoxy) is 1. The SMILES string of the molecule is CCOC(=O)CNC1C(=O)Nc2c(C)cccc21. The van der Waals surface area contributed by atoms with Crippen LogP contribution in [-0.4, -0.2) is 25.0 Å². The molecule has 2 N–H and O–H groups in total.